The molecule has 6 nitrogen and oxygen atoms in total. The predicted molar refractivity (Wildman–Crippen MR) is 77.7 cm³/mol. The van der Waals surface area contributed by atoms with Crippen molar-refractivity contribution in [2.75, 3.05) is 6.61 Å². The van der Waals surface area contributed by atoms with Gasteiger partial charge in [-0.2, -0.15) is 0 Å². The number of hydrogen-bond donors (Lipinski definition) is 3. The third-order valence-electron chi connectivity index (χ3n) is 3.28. The molecule has 0 rings (SSSR count). The first kappa shape index (κ1) is 20.0. The molecule has 0 fully saturated rings. The largest absolute Gasteiger partial charge is 0.463 e. The zero-order valence-corrected chi connectivity index (χ0v) is 12.7. The molecule has 0 aromatic rings. The second-order valence-electron chi connectivity index (χ2n) is 5.24. The predicted octanol–water partition coefficient (Wildman–Crippen LogP) is 0.952. The van der Waals surface area contributed by atoms with Gasteiger partial charge >= 0.3 is 5.97 Å². The fraction of sp³-hybridized carbons (Fsp3) is 0.867. The molecular formula is C15H28O6. The minimum atomic E-state index is -1.68. The summed E-state index contributed by atoms with van der Waals surface area (Å²) in [5.41, 5.74) is 0. The zero-order valence-electron chi connectivity index (χ0n) is 12.7. The van der Waals surface area contributed by atoms with Gasteiger partial charge in [-0.05, 0) is 6.42 Å². The van der Waals surface area contributed by atoms with Gasteiger partial charge in [0.05, 0.1) is 0 Å². The van der Waals surface area contributed by atoms with E-state index in [0.29, 0.717) is 0 Å². The quantitative estimate of drug-likeness (QED) is 0.266. The normalized spacial score (nSPS) is 15.2. The molecule has 3 N–H and O–H groups in total. The number of aldehydes is 1. The molecule has 0 aliphatic rings. The number of esters is 1. The van der Waals surface area contributed by atoms with Crippen molar-refractivity contribution < 1.29 is 29.6 Å². The highest BCUT2D eigenvalue weighted by molar-refractivity contribution is 5.69. The van der Waals surface area contributed by atoms with E-state index >= 15 is 0 Å². The third kappa shape index (κ3) is 10.4. The Kier molecular flexibility index (Phi) is 12.1. The highest BCUT2D eigenvalue weighted by atomic mass is 16.5. The second kappa shape index (κ2) is 12.7. The second-order valence-corrected chi connectivity index (χ2v) is 5.24. The Morgan fingerprint density at radius 3 is 2.19 bits per heavy atom. The summed E-state index contributed by atoms with van der Waals surface area (Å²) in [6.45, 7) is 1.73. The van der Waals surface area contributed by atoms with Crippen LogP contribution >= 0.6 is 0 Å². The fourth-order valence-electron chi connectivity index (χ4n) is 1.88. The number of aliphatic hydroxyl groups excluding tert-OH is 3. The Morgan fingerprint density at radius 2 is 1.62 bits per heavy atom. The van der Waals surface area contributed by atoms with Gasteiger partial charge in [0.2, 0.25) is 0 Å². The smallest absolute Gasteiger partial charge is 0.305 e. The Bertz CT molecular complexity index is 281. The summed E-state index contributed by atoms with van der Waals surface area (Å²) >= 11 is 0. The lowest BCUT2D eigenvalue weighted by molar-refractivity contribution is -0.152. The van der Waals surface area contributed by atoms with E-state index in [9.17, 15) is 19.8 Å². The maximum atomic E-state index is 11.4. The highest BCUT2D eigenvalue weighted by Crippen LogP contribution is 2.09. The molecule has 0 bridgehead atoms. The van der Waals surface area contributed by atoms with Gasteiger partial charge in [0.1, 0.15) is 24.9 Å². The molecule has 0 saturated heterocycles. The molecule has 21 heavy (non-hydrogen) atoms. The van der Waals surface area contributed by atoms with Crippen molar-refractivity contribution in [2.24, 2.45) is 0 Å². The van der Waals surface area contributed by atoms with Crippen LogP contribution in [0.15, 0.2) is 0 Å². The number of unbranched alkanes of at least 4 members (excludes halogenated alkanes) is 6. The maximum Gasteiger partial charge on any atom is 0.305 e. The average molecular weight is 304 g/mol. The van der Waals surface area contributed by atoms with E-state index in [-0.39, 0.29) is 12.7 Å². The Hall–Kier alpha value is -0.980. The SMILES string of the molecule is CCCCCCCCCC(=O)OC[C@@H](O)[C@@H](O)[C@H](O)C=O. The van der Waals surface area contributed by atoms with Crippen molar-refractivity contribution in [3.63, 3.8) is 0 Å². The third-order valence-corrected chi connectivity index (χ3v) is 3.28. The minimum absolute atomic E-state index is 0.119. The topological polar surface area (TPSA) is 104 Å². The molecule has 6 heteroatoms. The standard InChI is InChI=1S/C15H28O6/c1-2-3-4-5-6-7-8-9-14(19)21-11-13(18)15(20)12(17)10-16/h10,12-13,15,17-18,20H,2-9,11H2,1H3/t12-,13-,15+/m1/s1. The molecule has 124 valence electrons. The van der Waals surface area contributed by atoms with Gasteiger partial charge in [-0.1, -0.05) is 45.4 Å². The van der Waals surface area contributed by atoms with Gasteiger partial charge in [-0.3, -0.25) is 4.79 Å². The molecule has 0 aromatic heterocycles. The molecule has 0 aliphatic heterocycles. The first-order valence-corrected chi connectivity index (χ1v) is 7.68. The number of rotatable bonds is 13. The molecule has 0 saturated carbocycles. The van der Waals surface area contributed by atoms with Crippen molar-refractivity contribution in [1.82, 2.24) is 0 Å². The van der Waals surface area contributed by atoms with Crippen LogP contribution in [0.4, 0.5) is 0 Å². The van der Waals surface area contributed by atoms with E-state index in [1.54, 1.807) is 0 Å². The van der Waals surface area contributed by atoms with Gasteiger partial charge in [-0.15, -0.1) is 0 Å². The highest BCUT2D eigenvalue weighted by Gasteiger charge is 2.25. The molecule has 0 radical (unpaired) electrons. The lowest BCUT2D eigenvalue weighted by atomic mass is 10.1. The zero-order chi connectivity index (χ0) is 16.1. The number of carbonyl (C=O) groups excluding carboxylic acids is 2. The summed E-state index contributed by atoms with van der Waals surface area (Å²) in [6, 6.07) is 0. The number of hydrogen-bond acceptors (Lipinski definition) is 6. The van der Waals surface area contributed by atoms with E-state index < -0.39 is 30.9 Å². The summed E-state index contributed by atoms with van der Waals surface area (Å²) < 4.78 is 4.79. The van der Waals surface area contributed by atoms with Crippen LogP contribution in [0.5, 0.6) is 0 Å². The van der Waals surface area contributed by atoms with Crippen LogP contribution in [0.25, 0.3) is 0 Å². The van der Waals surface area contributed by atoms with Gasteiger partial charge in [0, 0.05) is 6.42 Å². The summed E-state index contributed by atoms with van der Waals surface area (Å²) in [5, 5.41) is 27.7. The van der Waals surface area contributed by atoms with Crippen LogP contribution in [-0.2, 0) is 14.3 Å². The molecule has 0 unspecified atom stereocenters. The molecular weight excluding hydrogens is 276 g/mol. The number of ether oxygens (including phenoxy) is 1. The van der Waals surface area contributed by atoms with E-state index in [0.717, 1.165) is 19.3 Å². The van der Waals surface area contributed by atoms with Crippen molar-refractivity contribution in [3.8, 4) is 0 Å². The fourth-order valence-corrected chi connectivity index (χ4v) is 1.88. The summed E-state index contributed by atoms with van der Waals surface area (Å²) in [6.07, 6.45) is 3.25. The monoisotopic (exact) mass is 304 g/mol. The van der Waals surface area contributed by atoms with Gasteiger partial charge in [0.25, 0.3) is 0 Å². The van der Waals surface area contributed by atoms with E-state index in [1.165, 1.54) is 25.7 Å². The molecule has 0 aromatic carbocycles. The molecule has 0 heterocycles. The van der Waals surface area contributed by atoms with Crippen molar-refractivity contribution in [3.05, 3.63) is 0 Å². The van der Waals surface area contributed by atoms with Crippen molar-refractivity contribution in [1.29, 1.82) is 0 Å². The van der Waals surface area contributed by atoms with Crippen molar-refractivity contribution >= 4 is 12.3 Å². The lowest BCUT2D eigenvalue weighted by Crippen LogP contribution is -2.41. The van der Waals surface area contributed by atoms with Crippen LogP contribution in [0, 0.1) is 0 Å². The first-order chi connectivity index (χ1) is 10.0. The Balaban J connectivity index is 3.60. The molecule has 3 atom stereocenters. The van der Waals surface area contributed by atoms with Crippen LogP contribution in [-0.4, -0.2) is 52.5 Å². The number of carbonyl (C=O) groups is 2. The van der Waals surface area contributed by atoms with E-state index in [4.69, 9.17) is 9.84 Å². The summed E-state index contributed by atoms with van der Waals surface area (Å²) in [7, 11) is 0. The van der Waals surface area contributed by atoms with Crippen LogP contribution in [0.2, 0.25) is 0 Å². The van der Waals surface area contributed by atoms with Gasteiger partial charge < -0.3 is 24.9 Å². The van der Waals surface area contributed by atoms with E-state index in [2.05, 4.69) is 6.92 Å². The molecule has 0 amide bonds. The van der Waals surface area contributed by atoms with Crippen molar-refractivity contribution in [2.45, 2.75) is 76.6 Å². The van der Waals surface area contributed by atoms with Crippen LogP contribution in [0.1, 0.15) is 58.3 Å². The Labute approximate surface area is 126 Å². The van der Waals surface area contributed by atoms with Crippen LogP contribution in [0.3, 0.4) is 0 Å². The van der Waals surface area contributed by atoms with E-state index in [1.807, 2.05) is 0 Å². The minimum Gasteiger partial charge on any atom is -0.463 e. The van der Waals surface area contributed by atoms with Gasteiger partial charge in [0.15, 0.2) is 6.29 Å². The summed E-state index contributed by atoms with van der Waals surface area (Å²) in [4.78, 5) is 21.6. The Morgan fingerprint density at radius 1 is 1.05 bits per heavy atom. The number of aliphatic hydroxyl groups is 3. The van der Waals surface area contributed by atoms with Crippen LogP contribution < -0.4 is 0 Å². The molecule has 0 aliphatic carbocycles. The maximum absolute atomic E-state index is 11.4. The average Bonchev–Trinajstić information content (AvgIpc) is 2.50. The molecule has 0 spiro atoms. The van der Waals surface area contributed by atoms with Gasteiger partial charge in [-0.25, -0.2) is 0 Å². The first-order valence-electron chi connectivity index (χ1n) is 7.68. The lowest BCUT2D eigenvalue weighted by Gasteiger charge is -2.19. The summed E-state index contributed by atoms with van der Waals surface area (Å²) in [5.74, 6) is -0.449.